The molecule has 1 aromatic rings. The summed E-state index contributed by atoms with van der Waals surface area (Å²) in [6.07, 6.45) is 0. The lowest BCUT2D eigenvalue weighted by Crippen LogP contribution is -2.33. The smallest absolute Gasteiger partial charge is 0.321 e. The number of carbonyl (C=O) groups excluding carboxylic acids is 1. The molecule has 0 aliphatic rings. The monoisotopic (exact) mass is 222 g/mol. The first-order valence-electron chi connectivity index (χ1n) is 5.21. The number of carbonyl (C=O) groups is 1. The van der Waals surface area contributed by atoms with Crippen molar-refractivity contribution in [1.29, 1.82) is 0 Å². The van der Waals surface area contributed by atoms with Crippen LogP contribution in [0.4, 0.5) is 10.5 Å². The molecule has 0 saturated carbocycles. The summed E-state index contributed by atoms with van der Waals surface area (Å²) in [5.74, 6) is 0. The summed E-state index contributed by atoms with van der Waals surface area (Å²) in [6, 6.07) is 7.57. The number of aryl methyl sites for hydroxylation is 1. The van der Waals surface area contributed by atoms with Crippen LogP contribution in [0.5, 0.6) is 0 Å². The van der Waals surface area contributed by atoms with Crippen molar-refractivity contribution < 1.29 is 9.53 Å². The maximum Gasteiger partial charge on any atom is 0.321 e. The molecule has 0 aliphatic heterocycles. The summed E-state index contributed by atoms with van der Waals surface area (Å²) in [7, 11) is 3.36. The van der Waals surface area contributed by atoms with Gasteiger partial charge in [-0.05, 0) is 19.1 Å². The van der Waals surface area contributed by atoms with Crippen molar-refractivity contribution in [1.82, 2.24) is 4.90 Å². The van der Waals surface area contributed by atoms with Crippen LogP contribution in [-0.4, -0.2) is 38.2 Å². The van der Waals surface area contributed by atoms with E-state index in [1.807, 2.05) is 31.2 Å². The number of hydrogen-bond acceptors (Lipinski definition) is 2. The van der Waals surface area contributed by atoms with E-state index in [-0.39, 0.29) is 6.03 Å². The molecule has 0 heterocycles. The van der Waals surface area contributed by atoms with Crippen molar-refractivity contribution in [2.45, 2.75) is 6.92 Å². The van der Waals surface area contributed by atoms with Gasteiger partial charge >= 0.3 is 6.03 Å². The van der Waals surface area contributed by atoms with Crippen LogP contribution in [0, 0.1) is 6.92 Å². The van der Waals surface area contributed by atoms with Crippen LogP contribution in [0.15, 0.2) is 24.3 Å². The van der Waals surface area contributed by atoms with Crippen LogP contribution in [0.1, 0.15) is 5.56 Å². The van der Waals surface area contributed by atoms with E-state index in [9.17, 15) is 4.79 Å². The van der Waals surface area contributed by atoms with E-state index in [1.165, 1.54) is 5.56 Å². The Morgan fingerprint density at radius 2 is 2.00 bits per heavy atom. The maximum atomic E-state index is 11.7. The number of hydrogen-bond donors (Lipinski definition) is 1. The fraction of sp³-hybridized carbons (Fsp3) is 0.417. The summed E-state index contributed by atoms with van der Waals surface area (Å²) in [5, 5.41) is 2.81. The molecule has 1 aromatic carbocycles. The summed E-state index contributed by atoms with van der Waals surface area (Å²) < 4.78 is 4.91. The summed E-state index contributed by atoms with van der Waals surface area (Å²) in [6.45, 7) is 3.13. The highest BCUT2D eigenvalue weighted by Crippen LogP contribution is 2.08. The lowest BCUT2D eigenvalue weighted by molar-refractivity contribution is 0.165. The molecular formula is C12H18N2O2. The van der Waals surface area contributed by atoms with E-state index in [4.69, 9.17) is 4.74 Å². The second kappa shape index (κ2) is 6.12. The van der Waals surface area contributed by atoms with Crippen molar-refractivity contribution in [3.8, 4) is 0 Å². The number of likely N-dealkylation sites (N-methyl/N-ethyl adjacent to an activating group) is 1. The first kappa shape index (κ1) is 12.5. The zero-order valence-corrected chi connectivity index (χ0v) is 9.99. The zero-order chi connectivity index (χ0) is 12.0. The summed E-state index contributed by atoms with van der Waals surface area (Å²) in [5.41, 5.74) is 1.98. The van der Waals surface area contributed by atoms with Gasteiger partial charge in [-0.15, -0.1) is 0 Å². The molecule has 4 nitrogen and oxygen atoms in total. The molecule has 0 aromatic heterocycles. The summed E-state index contributed by atoms with van der Waals surface area (Å²) in [4.78, 5) is 13.2. The zero-order valence-electron chi connectivity index (χ0n) is 9.99. The predicted molar refractivity (Wildman–Crippen MR) is 64.7 cm³/mol. The van der Waals surface area contributed by atoms with Crippen molar-refractivity contribution in [2.24, 2.45) is 0 Å². The first-order valence-corrected chi connectivity index (χ1v) is 5.21. The predicted octanol–water partition coefficient (Wildman–Crippen LogP) is 2.11. The minimum Gasteiger partial charge on any atom is -0.383 e. The van der Waals surface area contributed by atoms with Crippen molar-refractivity contribution in [3.63, 3.8) is 0 Å². The van der Waals surface area contributed by atoms with Crippen LogP contribution in [-0.2, 0) is 4.74 Å². The van der Waals surface area contributed by atoms with Crippen molar-refractivity contribution >= 4 is 11.7 Å². The third-order valence-corrected chi connectivity index (χ3v) is 2.28. The Balaban J connectivity index is 2.47. The van der Waals surface area contributed by atoms with Gasteiger partial charge in [0, 0.05) is 26.4 Å². The number of amides is 2. The Bertz CT molecular complexity index is 335. The molecule has 0 bridgehead atoms. The number of benzene rings is 1. The largest absolute Gasteiger partial charge is 0.383 e. The molecule has 1 rings (SSSR count). The molecule has 16 heavy (non-hydrogen) atoms. The Labute approximate surface area is 96.2 Å². The third-order valence-electron chi connectivity index (χ3n) is 2.28. The van der Waals surface area contributed by atoms with E-state index < -0.39 is 0 Å². The van der Waals surface area contributed by atoms with Crippen LogP contribution in [0.25, 0.3) is 0 Å². The minimum absolute atomic E-state index is 0.124. The van der Waals surface area contributed by atoms with E-state index >= 15 is 0 Å². The number of anilines is 1. The maximum absolute atomic E-state index is 11.7. The Kier molecular flexibility index (Phi) is 4.79. The third kappa shape index (κ3) is 3.90. The number of nitrogens with zero attached hydrogens (tertiary/aromatic N) is 1. The number of methoxy groups -OCH3 is 1. The fourth-order valence-corrected chi connectivity index (χ4v) is 1.19. The molecule has 2 amide bonds. The van der Waals surface area contributed by atoms with Gasteiger partial charge < -0.3 is 15.0 Å². The Hall–Kier alpha value is -1.55. The van der Waals surface area contributed by atoms with Gasteiger partial charge in [-0.1, -0.05) is 17.7 Å². The van der Waals surface area contributed by atoms with Crippen LogP contribution < -0.4 is 5.32 Å². The normalized spacial score (nSPS) is 9.94. The Morgan fingerprint density at radius 1 is 1.38 bits per heavy atom. The van der Waals surface area contributed by atoms with Gasteiger partial charge in [0.1, 0.15) is 0 Å². The Morgan fingerprint density at radius 3 is 2.56 bits per heavy atom. The van der Waals surface area contributed by atoms with Gasteiger partial charge in [0.25, 0.3) is 0 Å². The second-order valence-corrected chi connectivity index (χ2v) is 3.71. The highest BCUT2D eigenvalue weighted by molar-refractivity contribution is 5.89. The molecule has 0 saturated heterocycles. The van der Waals surface area contributed by atoms with Crippen molar-refractivity contribution in [3.05, 3.63) is 29.8 Å². The minimum atomic E-state index is -0.124. The van der Waals surface area contributed by atoms with E-state index in [0.29, 0.717) is 13.2 Å². The average Bonchev–Trinajstić information content (AvgIpc) is 2.29. The SMILES string of the molecule is COCCN(C)C(=O)Nc1ccc(C)cc1. The van der Waals surface area contributed by atoms with E-state index in [0.717, 1.165) is 5.69 Å². The molecular weight excluding hydrogens is 204 g/mol. The molecule has 0 unspecified atom stereocenters. The van der Waals surface area contributed by atoms with E-state index in [1.54, 1.807) is 19.1 Å². The van der Waals surface area contributed by atoms with Crippen molar-refractivity contribution in [2.75, 3.05) is 32.6 Å². The molecule has 0 radical (unpaired) electrons. The molecule has 0 spiro atoms. The number of nitrogens with one attached hydrogen (secondary N) is 1. The van der Waals surface area contributed by atoms with Gasteiger partial charge in [0.2, 0.25) is 0 Å². The van der Waals surface area contributed by atoms with Gasteiger partial charge in [0.05, 0.1) is 6.61 Å². The number of urea groups is 1. The molecule has 1 N–H and O–H groups in total. The topological polar surface area (TPSA) is 41.6 Å². The van der Waals surface area contributed by atoms with Crippen LogP contribution >= 0.6 is 0 Å². The molecule has 88 valence electrons. The van der Waals surface area contributed by atoms with Gasteiger partial charge in [-0.2, -0.15) is 0 Å². The second-order valence-electron chi connectivity index (χ2n) is 3.71. The lowest BCUT2D eigenvalue weighted by Gasteiger charge is -2.17. The first-order chi connectivity index (χ1) is 7.63. The molecule has 0 aliphatic carbocycles. The molecule has 0 fully saturated rings. The lowest BCUT2D eigenvalue weighted by atomic mass is 10.2. The number of ether oxygens (including phenoxy) is 1. The van der Waals surface area contributed by atoms with Gasteiger partial charge in [-0.3, -0.25) is 0 Å². The standard InChI is InChI=1S/C12H18N2O2/c1-10-4-6-11(7-5-10)13-12(15)14(2)8-9-16-3/h4-7H,8-9H2,1-3H3,(H,13,15). The van der Waals surface area contributed by atoms with Gasteiger partial charge in [-0.25, -0.2) is 4.79 Å². The molecule has 0 atom stereocenters. The fourth-order valence-electron chi connectivity index (χ4n) is 1.19. The van der Waals surface area contributed by atoms with Gasteiger partial charge in [0.15, 0.2) is 0 Å². The quantitative estimate of drug-likeness (QED) is 0.847. The summed E-state index contributed by atoms with van der Waals surface area (Å²) >= 11 is 0. The average molecular weight is 222 g/mol. The highest BCUT2D eigenvalue weighted by Gasteiger charge is 2.07. The van der Waals surface area contributed by atoms with Crippen LogP contribution in [0.3, 0.4) is 0 Å². The highest BCUT2D eigenvalue weighted by atomic mass is 16.5. The van der Waals surface area contributed by atoms with E-state index in [2.05, 4.69) is 5.32 Å². The van der Waals surface area contributed by atoms with Crippen LogP contribution in [0.2, 0.25) is 0 Å². The molecule has 4 heteroatoms. The number of rotatable bonds is 4.